The molecule has 0 spiro atoms. The van der Waals surface area contributed by atoms with Gasteiger partial charge in [-0.25, -0.2) is 9.13 Å². The topological polar surface area (TPSA) is 237 Å². The Morgan fingerprint density at radius 2 is 0.541 bits per heavy atom. The van der Waals surface area contributed by atoms with E-state index in [9.17, 15) is 43.2 Å². The summed E-state index contributed by atoms with van der Waals surface area (Å²) in [6.45, 7) is 4.59. The van der Waals surface area contributed by atoms with Crippen molar-refractivity contribution < 1.29 is 80.2 Å². The molecular weight excluding hydrogens is 1280 g/mol. The number of allylic oxidation sites excluding steroid dienone is 16. The first kappa shape index (κ1) is 94.0. The van der Waals surface area contributed by atoms with E-state index in [2.05, 4.69) is 113 Å². The van der Waals surface area contributed by atoms with Gasteiger partial charge in [-0.05, 0) is 96.3 Å². The molecule has 0 saturated heterocycles. The van der Waals surface area contributed by atoms with Crippen molar-refractivity contribution in [3.63, 3.8) is 0 Å². The Labute approximate surface area is 595 Å². The van der Waals surface area contributed by atoms with Crippen LogP contribution in [0.2, 0.25) is 0 Å². The number of unbranched alkanes of at least 4 members (excludes halogenated alkanes) is 30. The van der Waals surface area contributed by atoms with Gasteiger partial charge in [0.15, 0.2) is 12.2 Å². The highest BCUT2D eigenvalue weighted by atomic mass is 31.2. The molecule has 0 aromatic heterocycles. The molecule has 0 saturated carbocycles. The highest BCUT2D eigenvalue weighted by Crippen LogP contribution is 2.45. The minimum absolute atomic E-state index is 0.0849. The lowest BCUT2D eigenvalue weighted by Crippen LogP contribution is -2.30. The fourth-order valence-electron chi connectivity index (χ4n) is 10.3. The lowest BCUT2D eigenvalue weighted by Gasteiger charge is -2.21. The first-order valence-electron chi connectivity index (χ1n) is 38.5. The Hall–Kier alpha value is -4.02. The zero-order valence-corrected chi connectivity index (χ0v) is 63.5. The predicted molar refractivity (Wildman–Crippen MR) is 399 cm³/mol. The van der Waals surface area contributed by atoms with Gasteiger partial charge in [0.1, 0.15) is 19.3 Å². The summed E-state index contributed by atoms with van der Waals surface area (Å²) in [5.41, 5.74) is 0. The van der Waals surface area contributed by atoms with Gasteiger partial charge in [-0.15, -0.1) is 0 Å². The van der Waals surface area contributed by atoms with Gasteiger partial charge in [0.25, 0.3) is 0 Å². The summed E-state index contributed by atoms with van der Waals surface area (Å²) >= 11 is 0. The molecular formula is C79H138O17P2. The molecule has 0 aliphatic carbocycles. The molecule has 0 heterocycles. The van der Waals surface area contributed by atoms with E-state index in [0.717, 1.165) is 135 Å². The van der Waals surface area contributed by atoms with Crippen LogP contribution in [0.4, 0.5) is 0 Å². The van der Waals surface area contributed by atoms with Gasteiger partial charge in [-0.1, -0.05) is 298 Å². The standard InChI is InChI=1S/C79H138O17P2/c1-5-9-13-17-21-25-29-32-35-36-39-41-45-48-52-56-60-64-77(82)89-69-74(95-78(83)65-61-57-53-49-43-28-24-20-16-12-8-4)71-93-97(85,86)91-67-73(80)68-92-98(87,88)94-72-75(96-79(84)66-62-58-54-50-46-42-38-34-31-27-23-19-15-11-7-3)70-90-76(81)63-59-55-51-47-44-40-37-33-30-26-22-18-14-10-6-2/h9-10,13-14,21-22,25-26,32-33,35,37,39,41,48,52,73-75,80H,5-8,11-12,15-20,23-24,27-31,34,36,38,40,42-47,49-51,53-72H2,1-4H3,(H,85,86)(H,87,88)/b13-9-,14-10-,25-21-,26-22-,35-32-,37-33-,41-39-,52-48-. The van der Waals surface area contributed by atoms with E-state index in [1.165, 1.54) is 103 Å². The highest BCUT2D eigenvalue weighted by molar-refractivity contribution is 7.47. The summed E-state index contributed by atoms with van der Waals surface area (Å²) in [5.74, 6) is -2.24. The van der Waals surface area contributed by atoms with Crippen LogP contribution in [0.1, 0.15) is 323 Å². The van der Waals surface area contributed by atoms with Gasteiger partial charge < -0.3 is 33.8 Å². The molecule has 19 heteroatoms. The van der Waals surface area contributed by atoms with Crippen LogP contribution in [0.5, 0.6) is 0 Å². The Morgan fingerprint density at radius 3 is 0.857 bits per heavy atom. The van der Waals surface area contributed by atoms with Crippen LogP contribution in [-0.2, 0) is 65.4 Å². The van der Waals surface area contributed by atoms with Crippen molar-refractivity contribution in [1.29, 1.82) is 0 Å². The summed E-state index contributed by atoms with van der Waals surface area (Å²) in [4.78, 5) is 72.8. The zero-order chi connectivity index (χ0) is 71.8. The van der Waals surface area contributed by atoms with Crippen LogP contribution < -0.4 is 0 Å². The fourth-order valence-corrected chi connectivity index (χ4v) is 11.9. The van der Waals surface area contributed by atoms with Gasteiger partial charge in [0.05, 0.1) is 26.4 Å². The molecule has 0 aromatic rings. The average molecular weight is 1420 g/mol. The van der Waals surface area contributed by atoms with Gasteiger partial charge in [-0.2, -0.15) is 0 Å². The molecule has 5 unspecified atom stereocenters. The third kappa shape index (κ3) is 70.4. The number of hydrogen-bond acceptors (Lipinski definition) is 15. The van der Waals surface area contributed by atoms with Crippen LogP contribution in [0.3, 0.4) is 0 Å². The van der Waals surface area contributed by atoms with Crippen molar-refractivity contribution in [3.05, 3.63) is 97.2 Å². The lowest BCUT2D eigenvalue weighted by atomic mass is 10.0. The smallest absolute Gasteiger partial charge is 0.462 e. The van der Waals surface area contributed by atoms with Crippen molar-refractivity contribution in [2.24, 2.45) is 0 Å². The van der Waals surface area contributed by atoms with Crippen molar-refractivity contribution >= 4 is 39.5 Å². The number of esters is 4. The summed E-state index contributed by atoms with van der Waals surface area (Å²) in [5, 5.41) is 10.6. The molecule has 5 atom stereocenters. The second-order valence-electron chi connectivity index (χ2n) is 25.5. The van der Waals surface area contributed by atoms with Crippen molar-refractivity contribution in [2.75, 3.05) is 39.6 Å². The largest absolute Gasteiger partial charge is 0.472 e. The second-order valence-corrected chi connectivity index (χ2v) is 28.5. The van der Waals surface area contributed by atoms with Crippen LogP contribution in [0.15, 0.2) is 97.2 Å². The molecule has 0 aliphatic heterocycles. The van der Waals surface area contributed by atoms with Crippen molar-refractivity contribution in [3.8, 4) is 0 Å². The first-order chi connectivity index (χ1) is 47.7. The molecule has 0 bridgehead atoms. The van der Waals surface area contributed by atoms with Crippen molar-refractivity contribution in [1.82, 2.24) is 0 Å². The molecule has 0 fully saturated rings. The van der Waals surface area contributed by atoms with Crippen LogP contribution in [0.25, 0.3) is 0 Å². The van der Waals surface area contributed by atoms with E-state index in [0.29, 0.717) is 32.1 Å². The fraction of sp³-hybridized carbons (Fsp3) is 0.747. The van der Waals surface area contributed by atoms with Crippen molar-refractivity contribution in [2.45, 2.75) is 341 Å². The predicted octanol–water partition coefficient (Wildman–Crippen LogP) is 22.0. The molecule has 0 radical (unpaired) electrons. The van der Waals surface area contributed by atoms with Gasteiger partial charge >= 0.3 is 39.5 Å². The molecule has 17 nitrogen and oxygen atoms in total. The quantitative estimate of drug-likeness (QED) is 0.0169. The molecule has 98 heavy (non-hydrogen) atoms. The minimum atomic E-state index is -4.98. The summed E-state index contributed by atoms with van der Waals surface area (Å²) in [7, 11) is -9.96. The molecule has 566 valence electrons. The van der Waals surface area contributed by atoms with E-state index < -0.39 is 97.5 Å². The lowest BCUT2D eigenvalue weighted by molar-refractivity contribution is -0.161. The maximum Gasteiger partial charge on any atom is 0.472 e. The highest BCUT2D eigenvalue weighted by Gasteiger charge is 2.30. The third-order valence-corrected chi connectivity index (χ3v) is 18.0. The Bertz CT molecular complexity index is 2240. The Morgan fingerprint density at radius 1 is 0.296 bits per heavy atom. The van der Waals surface area contributed by atoms with Crippen LogP contribution >= 0.6 is 15.6 Å². The normalized spacial score (nSPS) is 14.5. The van der Waals surface area contributed by atoms with Crippen LogP contribution in [0, 0.1) is 0 Å². The number of aliphatic hydroxyl groups excluding tert-OH is 1. The van der Waals surface area contributed by atoms with E-state index in [4.69, 9.17) is 37.0 Å². The Balaban J connectivity index is 5.36. The maximum absolute atomic E-state index is 13.1. The second kappa shape index (κ2) is 71.4. The number of rotatable bonds is 72. The number of carbonyl (C=O) groups excluding carboxylic acids is 4. The molecule has 0 rings (SSSR count). The Kier molecular flexibility index (Phi) is 68.4. The number of carbonyl (C=O) groups is 4. The molecule has 0 aliphatic rings. The third-order valence-electron chi connectivity index (χ3n) is 16.1. The van der Waals surface area contributed by atoms with Gasteiger partial charge in [0, 0.05) is 25.7 Å². The summed E-state index contributed by atoms with van der Waals surface area (Å²) in [6.07, 6.45) is 74.1. The van der Waals surface area contributed by atoms with E-state index in [1.807, 2.05) is 12.2 Å². The molecule has 3 N–H and O–H groups in total. The van der Waals surface area contributed by atoms with Crippen LogP contribution in [-0.4, -0.2) is 96.7 Å². The number of ether oxygens (including phenoxy) is 4. The summed E-state index contributed by atoms with van der Waals surface area (Å²) in [6, 6.07) is 0. The van der Waals surface area contributed by atoms with Gasteiger partial charge in [-0.3, -0.25) is 37.3 Å². The first-order valence-corrected chi connectivity index (χ1v) is 41.5. The number of hydrogen-bond donors (Lipinski definition) is 3. The maximum atomic E-state index is 13.1. The van der Waals surface area contributed by atoms with E-state index >= 15 is 0 Å². The molecule has 0 amide bonds. The van der Waals surface area contributed by atoms with E-state index in [1.54, 1.807) is 0 Å². The zero-order valence-electron chi connectivity index (χ0n) is 61.7. The average Bonchev–Trinajstić information content (AvgIpc) is 0.986. The number of phosphoric ester groups is 2. The molecule has 0 aromatic carbocycles. The number of phosphoric acid groups is 2. The monoisotopic (exact) mass is 1420 g/mol. The number of aliphatic hydroxyl groups is 1. The SMILES string of the molecule is CC/C=C\C/C=C\C/C=C\C/C=C\C/C=C\CCCC(=O)OCC(COP(=O)(O)OCC(O)COP(=O)(O)OCC(COC(=O)CCCCCCC/C=C\C/C=C\C/C=C\CC)OC(=O)CCCCCCCCCCCCCCCCC)OC(=O)CCCCCCCCCCCCC. The minimum Gasteiger partial charge on any atom is -0.462 e. The summed E-state index contributed by atoms with van der Waals surface area (Å²) < 4.78 is 68.4. The van der Waals surface area contributed by atoms with Gasteiger partial charge in [0.2, 0.25) is 0 Å². The van der Waals surface area contributed by atoms with E-state index in [-0.39, 0.29) is 25.7 Å².